The van der Waals surface area contributed by atoms with Gasteiger partial charge in [0.15, 0.2) is 0 Å². The van der Waals surface area contributed by atoms with Crippen LogP contribution in [0.15, 0.2) is 0 Å². The summed E-state index contributed by atoms with van der Waals surface area (Å²) in [6.07, 6.45) is 7.24. The van der Waals surface area contributed by atoms with E-state index in [0.29, 0.717) is 0 Å². The summed E-state index contributed by atoms with van der Waals surface area (Å²) in [6.45, 7) is 9.55. The van der Waals surface area contributed by atoms with Gasteiger partial charge < -0.3 is 0 Å². The van der Waals surface area contributed by atoms with E-state index < -0.39 is 0 Å². The van der Waals surface area contributed by atoms with Gasteiger partial charge in [0.2, 0.25) is 0 Å². The Morgan fingerprint density at radius 1 is 1.15 bits per heavy atom. The molecule has 1 rings (SSSR count). The summed E-state index contributed by atoms with van der Waals surface area (Å²) in [5, 5.41) is 0. The van der Waals surface area contributed by atoms with Gasteiger partial charge in [0.25, 0.3) is 0 Å². The average molecular weight is 182 g/mol. The highest BCUT2D eigenvalue weighted by Gasteiger charge is 2.35. The Bertz CT molecular complexity index is 139. The summed E-state index contributed by atoms with van der Waals surface area (Å²) in [5.41, 5.74) is 0. The number of hydrogen-bond acceptors (Lipinski definition) is 0. The van der Waals surface area contributed by atoms with Gasteiger partial charge in [-0.3, -0.25) is 0 Å². The van der Waals surface area contributed by atoms with Crippen LogP contribution < -0.4 is 0 Å². The van der Waals surface area contributed by atoms with Gasteiger partial charge in [-0.25, -0.2) is 0 Å². The summed E-state index contributed by atoms with van der Waals surface area (Å²) in [7, 11) is 0. The molecule has 0 spiro atoms. The van der Waals surface area contributed by atoms with Gasteiger partial charge in [-0.2, -0.15) is 0 Å². The minimum absolute atomic E-state index is 0.935. The summed E-state index contributed by atoms with van der Waals surface area (Å²) in [4.78, 5) is 0. The molecule has 1 aliphatic carbocycles. The van der Waals surface area contributed by atoms with E-state index in [9.17, 15) is 0 Å². The molecule has 0 N–H and O–H groups in total. The van der Waals surface area contributed by atoms with Gasteiger partial charge in [0, 0.05) is 0 Å². The minimum Gasteiger partial charge on any atom is -0.0654 e. The Morgan fingerprint density at radius 3 is 2.23 bits per heavy atom. The molecule has 4 unspecified atom stereocenters. The lowest BCUT2D eigenvalue weighted by molar-refractivity contribution is 0.0733. The first-order chi connectivity index (χ1) is 6.20. The zero-order chi connectivity index (χ0) is 9.84. The van der Waals surface area contributed by atoms with Gasteiger partial charge in [-0.15, -0.1) is 0 Å². The SMILES string of the molecule is CCCC1CCC1C(C)C(C)CC. The highest BCUT2D eigenvalue weighted by Crippen LogP contribution is 2.45. The second-order valence-corrected chi connectivity index (χ2v) is 5.03. The summed E-state index contributed by atoms with van der Waals surface area (Å²) in [5.74, 6) is 4.05. The number of rotatable bonds is 5. The molecular weight excluding hydrogens is 156 g/mol. The normalized spacial score (nSPS) is 32.3. The van der Waals surface area contributed by atoms with E-state index >= 15 is 0 Å². The molecule has 0 saturated heterocycles. The Morgan fingerprint density at radius 2 is 1.85 bits per heavy atom. The quantitative estimate of drug-likeness (QED) is 0.587. The maximum atomic E-state index is 2.47. The fourth-order valence-corrected chi connectivity index (χ4v) is 2.81. The van der Waals surface area contributed by atoms with Crippen molar-refractivity contribution in [2.45, 2.75) is 59.8 Å². The highest BCUT2D eigenvalue weighted by molar-refractivity contribution is 4.85. The summed E-state index contributed by atoms with van der Waals surface area (Å²) in [6, 6.07) is 0. The summed E-state index contributed by atoms with van der Waals surface area (Å²) < 4.78 is 0. The standard InChI is InChI=1S/C13H26/c1-5-7-12-8-9-13(12)11(4)10(3)6-2/h10-13H,5-9H2,1-4H3. The molecular formula is C13H26. The molecule has 1 aliphatic rings. The van der Waals surface area contributed by atoms with Crippen LogP contribution in [-0.2, 0) is 0 Å². The van der Waals surface area contributed by atoms with E-state index in [1.165, 1.54) is 32.1 Å². The van der Waals surface area contributed by atoms with Gasteiger partial charge in [0.1, 0.15) is 0 Å². The summed E-state index contributed by atoms with van der Waals surface area (Å²) >= 11 is 0. The largest absolute Gasteiger partial charge is 0.0654 e. The van der Waals surface area contributed by atoms with Crippen LogP contribution in [0.2, 0.25) is 0 Å². The van der Waals surface area contributed by atoms with E-state index in [0.717, 1.165) is 23.7 Å². The predicted octanol–water partition coefficient (Wildman–Crippen LogP) is 4.49. The van der Waals surface area contributed by atoms with Crippen LogP contribution in [0, 0.1) is 23.7 Å². The lowest BCUT2D eigenvalue weighted by Gasteiger charge is -2.43. The van der Waals surface area contributed by atoms with Crippen molar-refractivity contribution in [3.8, 4) is 0 Å². The van der Waals surface area contributed by atoms with Gasteiger partial charge in [0.05, 0.1) is 0 Å². The second kappa shape index (κ2) is 5.02. The molecule has 4 atom stereocenters. The first-order valence-corrected chi connectivity index (χ1v) is 6.20. The Labute approximate surface area is 84.1 Å². The molecule has 0 aliphatic heterocycles. The lowest BCUT2D eigenvalue weighted by Crippen LogP contribution is -2.34. The van der Waals surface area contributed by atoms with Crippen molar-refractivity contribution in [2.75, 3.05) is 0 Å². The van der Waals surface area contributed by atoms with E-state index in [2.05, 4.69) is 27.7 Å². The van der Waals surface area contributed by atoms with Crippen molar-refractivity contribution in [2.24, 2.45) is 23.7 Å². The molecule has 0 heterocycles. The van der Waals surface area contributed by atoms with E-state index in [1.807, 2.05) is 0 Å². The third kappa shape index (κ3) is 2.48. The van der Waals surface area contributed by atoms with Crippen LogP contribution in [0.3, 0.4) is 0 Å². The molecule has 0 aromatic heterocycles. The van der Waals surface area contributed by atoms with Crippen LogP contribution in [-0.4, -0.2) is 0 Å². The van der Waals surface area contributed by atoms with Crippen molar-refractivity contribution in [3.05, 3.63) is 0 Å². The fourth-order valence-electron chi connectivity index (χ4n) is 2.81. The van der Waals surface area contributed by atoms with Gasteiger partial charge >= 0.3 is 0 Å². The monoisotopic (exact) mass is 182 g/mol. The van der Waals surface area contributed by atoms with Crippen molar-refractivity contribution in [1.82, 2.24) is 0 Å². The van der Waals surface area contributed by atoms with Crippen molar-refractivity contribution >= 4 is 0 Å². The molecule has 0 aromatic carbocycles. The maximum Gasteiger partial charge on any atom is -0.0357 e. The van der Waals surface area contributed by atoms with Crippen molar-refractivity contribution in [3.63, 3.8) is 0 Å². The molecule has 78 valence electrons. The lowest BCUT2D eigenvalue weighted by atomic mass is 9.63. The molecule has 0 bridgehead atoms. The van der Waals surface area contributed by atoms with E-state index in [4.69, 9.17) is 0 Å². The Kier molecular flexibility index (Phi) is 4.28. The molecule has 13 heavy (non-hydrogen) atoms. The predicted molar refractivity (Wildman–Crippen MR) is 59.7 cm³/mol. The minimum atomic E-state index is 0.935. The second-order valence-electron chi connectivity index (χ2n) is 5.03. The van der Waals surface area contributed by atoms with Gasteiger partial charge in [-0.1, -0.05) is 47.0 Å². The fraction of sp³-hybridized carbons (Fsp3) is 1.00. The molecule has 0 radical (unpaired) electrons. The van der Waals surface area contributed by atoms with Crippen LogP contribution in [0.25, 0.3) is 0 Å². The molecule has 0 aromatic rings. The van der Waals surface area contributed by atoms with Crippen molar-refractivity contribution in [1.29, 1.82) is 0 Å². The molecule has 0 nitrogen and oxygen atoms in total. The average Bonchev–Trinajstić information content (AvgIpc) is 2.10. The molecule has 1 saturated carbocycles. The van der Waals surface area contributed by atoms with E-state index in [-0.39, 0.29) is 0 Å². The smallest absolute Gasteiger partial charge is 0.0357 e. The van der Waals surface area contributed by atoms with Crippen LogP contribution in [0.4, 0.5) is 0 Å². The third-order valence-corrected chi connectivity index (χ3v) is 4.35. The van der Waals surface area contributed by atoms with Crippen molar-refractivity contribution < 1.29 is 0 Å². The van der Waals surface area contributed by atoms with E-state index in [1.54, 1.807) is 0 Å². The van der Waals surface area contributed by atoms with Crippen LogP contribution >= 0.6 is 0 Å². The molecule has 1 fully saturated rings. The zero-order valence-electron chi connectivity index (χ0n) is 9.84. The zero-order valence-corrected chi connectivity index (χ0v) is 9.84. The first kappa shape index (κ1) is 11.1. The maximum absolute atomic E-state index is 2.47. The molecule has 0 amide bonds. The Balaban J connectivity index is 2.34. The third-order valence-electron chi connectivity index (χ3n) is 4.35. The molecule has 0 heteroatoms. The van der Waals surface area contributed by atoms with Crippen LogP contribution in [0.1, 0.15) is 59.8 Å². The Hall–Kier alpha value is 0. The first-order valence-electron chi connectivity index (χ1n) is 6.20. The number of hydrogen-bond donors (Lipinski definition) is 0. The van der Waals surface area contributed by atoms with Gasteiger partial charge in [-0.05, 0) is 36.5 Å². The topological polar surface area (TPSA) is 0 Å². The highest BCUT2D eigenvalue weighted by atomic mass is 14.4. The van der Waals surface area contributed by atoms with Crippen LogP contribution in [0.5, 0.6) is 0 Å².